The van der Waals surface area contributed by atoms with Crippen LogP contribution in [-0.2, 0) is 0 Å². The second kappa shape index (κ2) is 7.31. The number of ether oxygens (including phenoxy) is 3. The molecule has 1 aliphatic heterocycles. The molecule has 4 rings (SSSR count). The Hall–Kier alpha value is -4.01. The van der Waals surface area contributed by atoms with Gasteiger partial charge in [-0.05, 0) is 48.0 Å². The standard InChI is InChI=1S/C19H16N4O5/c1-26-17-6-11(2-4-15(17)24)9-20-23-19(25)14-8-13(21-22-14)12-3-5-16-18(7-12)28-10-27-16/h2-9,24H,10H2,1H3,(H,21,22)(H,23,25)/b20-9+. The maximum absolute atomic E-state index is 12.2. The van der Waals surface area contributed by atoms with Crippen molar-refractivity contribution in [1.82, 2.24) is 15.6 Å². The van der Waals surface area contributed by atoms with E-state index in [1.807, 2.05) is 6.07 Å². The molecule has 0 bridgehead atoms. The quantitative estimate of drug-likeness (QED) is 0.462. The zero-order chi connectivity index (χ0) is 19.5. The summed E-state index contributed by atoms with van der Waals surface area (Å²) in [6.45, 7) is 0.192. The molecule has 0 unspecified atom stereocenters. The number of fused-ring (bicyclic) bond motifs is 1. The van der Waals surface area contributed by atoms with Gasteiger partial charge in [0.1, 0.15) is 5.69 Å². The molecule has 0 radical (unpaired) electrons. The highest BCUT2D eigenvalue weighted by molar-refractivity contribution is 5.94. The number of amides is 1. The minimum atomic E-state index is -0.443. The summed E-state index contributed by atoms with van der Waals surface area (Å²) in [5.74, 6) is 1.22. The Morgan fingerprint density at radius 1 is 1.25 bits per heavy atom. The lowest BCUT2D eigenvalue weighted by Gasteiger charge is -2.03. The third-order valence-electron chi connectivity index (χ3n) is 4.07. The number of hydrazone groups is 1. The van der Waals surface area contributed by atoms with E-state index in [2.05, 4.69) is 20.7 Å². The van der Waals surface area contributed by atoms with Crippen LogP contribution in [0.1, 0.15) is 16.1 Å². The topological polar surface area (TPSA) is 118 Å². The molecule has 0 saturated heterocycles. The molecule has 28 heavy (non-hydrogen) atoms. The maximum atomic E-state index is 12.2. The molecule has 3 aromatic rings. The van der Waals surface area contributed by atoms with Crippen LogP contribution in [0.3, 0.4) is 0 Å². The van der Waals surface area contributed by atoms with Gasteiger partial charge in [0, 0.05) is 5.56 Å². The number of rotatable bonds is 5. The van der Waals surface area contributed by atoms with Gasteiger partial charge in [0.15, 0.2) is 23.0 Å². The number of aromatic amines is 1. The number of hydrogen-bond acceptors (Lipinski definition) is 7. The van der Waals surface area contributed by atoms with Gasteiger partial charge in [-0.2, -0.15) is 10.2 Å². The summed E-state index contributed by atoms with van der Waals surface area (Å²) in [5, 5.41) is 20.3. The highest BCUT2D eigenvalue weighted by Gasteiger charge is 2.16. The zero-order valence-corrected chi connectivity index (χ0v) is 14.8. The fraction of sp³-hybridized carbons (Fsp3) is 0.105. The number of nitrogens with zero attached hydrogens (tertiary/aromatic N) is 2. The van der Waals surface area contributed by atoms with Gasteiger partial charge in [-0.3, -0.25) is 9.89 Å². The Balaban J connectivity index is 1.43. The van der Waals surface area contributed by atoms with Crippen molar-refractivity contribution >= 4 is 12.1 Å². The summed E-state index contributed by atoms with van der Waals surface area (Å²) in [6.07, 6.45) is 1.44. The molecular weight excluding hydrogens is 364 g/mol. The fourth-order valence-electron chi connectivity index (χ4n) is 2.64. The molecule has 0 spiro atoms. The van der Waals surface area contributed by atoms with Gasteiger partial charge in [0.05, 0.1) is 19.0 Å². The predicted molar refractivity (Wildman–Crippen MR) is 99.9 cm³/mol. The predicted octanol–water partition coefficient (Wildman–Crippen LogP) is 2.28. The number of carbonyl (C=O) groups is 1. The molecule has 2 aromatic carbocycles. The average molecular weight is 380 g/mol. The van der Waals surface area contributed by atoms with Crippen molar-refractivity contribution < 1.29 is 24.1 Å². The van der Waals surface area contributed by atoms with Crippen molar-refractivity contribution in [3.8, 4) is 34.3 Å². The van der Waals surface area contributed by atoms with Crippen molar-refractivity contribution in [2.75, 3.05) is 13.9 Å². The Bertz CT molecular complexity index is 1060. The molecule has 1 aromatic heterocycles. The second-order valence-electron chi connectivity index (χ2n) is 5.87. The van der Waals surface area contributed by atoms with Crippen LogP contribution in [0.15, 0.2) is 47.6 Å². The van der Waals surface area contributed by atoms with Crippen molar-refractivity contribution in [3.05, 3.63) is 53.7 Å². The second-order valence-corrected chi connectivity index (χ2v) is 5.87. The number of benzene rings is 2. The molecule has 3 N–H and O–H groups in total. The molecule has 0 fully saturated rings. The van der Waals surface area contributed by atoms with E-state index in [1.165, 1.54) is 19.4 Å². The Labute approximate surface area is 159 Å². The third-order valence-corrected chi connectivity index (χ3v) is 4.07. The highest BCUT2D eigenvalue weighted by Crippen LogP contribution is 2.35. The Morgan fingerprint density at radius 3 is 2.96 bits per heavy atom. The van der Waals surface area contributed by atoms with Crippen LogP contribution in [0, 0.1) is 0 Å². The summed E-state index contributed by atoms with van der Waals surface area (Å²) >= 11 is 0. The van der Waals surface area contributed by atoms with Crippen LogP contribution in [0.2, 0.25) is 0 Å². The van der Waals surface area contributed by atoms with Gasteiger partial charge in [0.2, 0.25) is 6.79 Å². The maximum Gasteiger partial charge on any atom is 0.289 e. The van der Waals surface area contributed by atoms with Crippen molar-refractivity contribution in [2.24, 2.45) is 5.10 Å². The molecular formula is C19H16N4O5. The average Bonchev–Trinajstić information content (AvgIpc) is 3.38. The van der Waals surface area contributed by atoms with E-state index in [9.17, 15) is 9.90 Å². The number of methoxy groups -OCH3 is 1. The lowest BCUT2D eigenvalue weighted by molar-refractivity contribution is 0.0950. The Kier molecular flexibility index (Phi) is 4.55. The van der Waals surface area contributed by atoms with E-state index in [4.69, 9.17) is 14.2 Å². The van der Waals surface area contributed by atoms with E-state index in [0.717, 1.165) is 5.56 Å². The molecule has 1 amide bonds. The molecule has 0 aliphatic carbocycles. The van der Waals surface area contributed by atoms with Crippen LogP contribution < -0.4 is 19.6 Å². The van der Waals surface area contributed by atoms with Crippen LogP contribution in [0.5, 0.6) is 23.0 Å². The van der Waals surface area contributed by atoms with E-state index < -0.39 is 5.91 Å². The first kappa shape index (κ1) is 17.4. The molecule has 0 atom stereocenters. The number of hydrogen-bond donors (Lipinski definition) is 3. The highest BCUT2D eigenvalue weighted by atomic mass is 16.7. The molecule has 0 saturated carbocycles. The number of phenols is 1. The smallest absolute Gasteiger partial charge is 0.289 e. The van der Waals surface area contributed by atoms with Crippen LogP contribution in [0.25, 0.3) is 11.3 Å². The monoisotopic (exact) mass is 380 g/mol. The Morgan fingerprint density at radius 2 is 2.11 bits per heavy atom. The van der Waals surface area contributed by atoms with Crippen LogP contribution in [0.4, 0.5) is 0 Å². The van der Waals surface area contributed by atoms with Crippen molar-refractivity contribution in [1.29, 1.82) is 0 Å². The van der Waals surface area contributed by atoms with E-state index in [-0.39, 0.29) is 18.2 Å². The van der Waals surface area contributed by atoms with Gasteiger partial charge >= 0.3 is 0 Å². The van der Waals surface area contributed by atoms with Gasteiger partial charge < -0.3 is 19.3 Å². The van der Waals surface area contributed by atoms with Gasteiger partial charge in [-0.15, -0.1) is 0 Å². The third kappa shape index (κ3) is 3.45. The first-order chi connectivity index (χ1) is 13.6. The molecule has 9 nitrogen and oxygen atoms in total. The zero-order valence-electron chi connectivity index (χ0n) is 14.8. The lowest BCUT2D eigenvalue weighted by Crippen LogP contribution is -2.18. The first-order valence-electron chi connectivity index (χ1n) is 8.30. The van der Waals surface area contributed by atoms with Crippen LogP contribution in [-0.4, -0.2) is 41.3 Å². The van der Waals surface area contributed by atoms with Crippen LogP contribution >= 0.6 is 0 Å². The first-order valence-corrected chi connectivity index (χ1v) is 8.30. The number of H-pyrrole nitrogens is 1. The van der Waals surface area contributed by atoms with E-state index in [0.29, 0.717) is 28.5 Å². The van der Waals surface area contributed by atoms with E-state index in [1.54, 1.807) is 30.3 Å². The summed E-state index contributed by atoms with van der Waals surface area (Å²) in [7, 11) is 1.45. The lowest BCUT2D eigenvalue weighted by atomic mass is 10.1. The summed E-state index contributed by atoms with van der Waals surface area (Å²) in [6, 6.07) is 11.8. The number of phenolic OH excluding ortho intramolecular Hbond substituents is 1. The minimum absolute atomic E-state index is 0.0252. The summed E-state index contributed by atoms with van der Waals surface area (Å²) < 4.78 is 15.7. The molecule has 2 heterocycles. The van der Waals surface area contributed by atoms with E-state index >= 15 is 0 Å². The van der Waals surface area contributed by atoms with Gasteiger partial charge in [-0.1, -0.05) is 0 Å². The van der Waals surface area contributed by atoms with Crippen molar-refractivity contribution in [3.63, 3.8) is 0 Å². The molecule has 142 valence electrons. The SMILES string of the molecule is COc1cc(/C=N/NC(=O)c2cc(-c3ccc4c(c3)OCO4)n[nH]2)ccc1O. The minimum Gasteiger partial charge on any atom is -0.504 e. The number of aromatic nitrogens is 2. The number of carbonyl (C=O) groups excluding carboxylic acids is 1. The normalized spacial score (nSPS) is 12.3. The van der Waals surface area contributed by atoms with Crippen molar-refractivity contribution in [2.45, 2.75) is 0 Å². The summed E-state index contributed by atoms with van der Waals surface area (Å²) in [5.41, 5.74) is 4.71. The fourth-order valence-corrected chi connectivity index (χ4v) is 2.64. The van der Waals surface area contributed by atoms with Gasteiger partial charge in [-0.25, -0.2) is 5.43 Å². The number of nitrogens with one attached hydrogen (secondary N) is 2. The summed E-state index contributed by atoms with van der Waals surface area (Å²) in [4.78, 5) is 12.2. The van der Waals surface area contributed by atoms with Gasteiger partial charge in [0.25, 0.3) is 5.91 Å². The largest absolute Gasteiger partial charge is 0.504 e. The molecule has 1 aliphatic rings. The molecule has 9 heteroatoms. The number of aromatic hydroxyl groups is 1.